The van der Waals surface area contributed by atoms with Gasteiger partial charge in [-0.05, 0) is 0 Å². The third kappa shape index (κ3) is 2.43. The van der Waals surface area contributed by atoms with Crippen LogP contribution in [0.3, 0.4) is 0 Å². The molecule has 6 nitrogen and oxygen atoms in total. The molecule has 0 aromatic carbocycles. The first-order chi connectivity index (χ1) is 6.11. The zero-order valence-electron chi connectivity index (χ0n) is 8.01. The quantitative estimate of drug-likeness (QED) is 0.640. The van der Waals surface area contributed by atoms with E-state index in [1.165, 1.54) is 4.90 Å². The molecule has 0 aliphatic carbocycles. The summed E-state index contributed by atoms with van der Waals surface area (Å²) >= 11 is 0. The summed E-state index contributed by atoms with van der Waals surface area (Å²) in [6.07, 6.45) is 3.29. The minimum atomic E-state index is -0.0597. The van der Waals surface area contributed by atoms with E-state index in [4.69, 9.17) is 0 Å². The van der Waals surface area contributed by atoms with Crippen molar-refractivity contribution in [1.82, 2.24) is 24.8 Å². The van der Waals surface area contributed by atoms with E-state index in [1.807, 2.05) is 0 Å². The van der Waals surface area contributed by atoms with Crippen LogP contribution in [0.15, 0.2) is 12.4 Å². The molecule has 0 bridgehead atoms. The van der Waals surface area contributed by atoms with E-state index in [0.717, 1.165) is 0 Å². The Hall–Kier alpha value is -1.59. The summed E-state index contributed by atoms with van der Waals surface area (Å²) < 4.78 is 1.58. The lowest BCUT2D eigenvalue weighted by Crippen LogP contribution is -2.37. The first-order valence-corrected chi connectivity index (χ1v) is 3.88. The number of hydrogen-bond donors (Lipinski definition) is 0. The lowest BCUT2D eigenvalue weighted by molar-refractivity contribution is 0.166. The summed E-state index contributed by atoms with van der Waals surface area (Å²) in [5.41, 5.74) is 0. The van der Waals surface area contributed by atoms with Gasteiger partial charge in [-0.1, -0.05) is 5.21 Å². The van der Waals surface area contributed by atoms with Gasteiger partial charge < -0.3 is 9.80 Å². The van der Waals surface area contributed by atoms with Crippen LogP contribution in [0, 0.1) is 0 Å². The van der Waals surface area contributed by atoms with E-state index in [0.29, 0.717) is 6.67 Å². The van der Waals surface area contributed by atoms with Crippen molar-refractivity contribution in [3.63, 3.8) is 0 Å². The molecule has 0 radical (unpaired) electrons. The topological polar surface area (TPSA) is 54.3 Å². The van der Waals surface area contributed by atoms with E-state index in [1.54, 1.807) is 43.1 Å². The zero-order valence-corrected chi connectivity index (χ0v) is 8.01. The average molecular weight is 183 g/mol. The molecule has 13 heavy (non-hydrogen) atoms. The lowest BCUT2D eigenvalue weighted by Gasteiger charge is -2.21. The van der Waals surface area contributed by atoms with Gasteiger partial charge in [-0.2, -0.15) is 0 Å². The van der Waals surface area contributed by atoms with Crippen molar-refractivity contribution >= 4 is 6.03 Å². The van der Waals surface area contributed by atoms with Gasteiger partial charge in [0.2, 0.25) is 0 Å². The maximum absolute atomic E-state index is 11.4. The molecule has 72 valence electrons. The van der Waals surface area contributed by atoms with Gasteiger partial charge in [-0.25, -0.2) is 9.48 Å². The van der Waals surface area contributed by atoms with E-state index in [9.17, 15) is 4.79 Å². The molecule has 2 amide bonds. The Morgan fingerprint density at radius 3 is 2.62 bits per heavy atom. The van der Waals surface area contributed by atoms with Crippen molar-refractivity contribution in [2.45, 2.75) is 6.67 Å². The fourth-order valence-electron chi connectivity index (χ4n) is 0.927. The van der Waals surface area contributed by atoms with Crippen molar-refractivity contribution in [3.8, 4) is 0 Å². The largest absolute Gasteiger partial charge is 0.331 e. The highest BCUT2D eigenvalue weighted by Crippen LogP contribution is 1.93. The molecule has 0 unspecified atom stereocenters. The molecule has 1 aromatic heterocycles. The van der Waals surface area contributed by atoms with Gasteiger partial charge in [0.15, 0.2) is 0 Å². The number of rotatable bonds is 2. The fraction of sp³-hybridized carbons (Fsp3) is 0.571. The average Bonchev–Trinajstić information content (AvgIpc) is 2.55. The van der Waals surface area contributed by atoms with E-state index in [2.05, 4.69) is 10.3 Å². The maximum atomic E-state index is 11.4. The van der Waals surface area contributed by atoms with Gasteiger partial charge in [0.1, 0.15) is 6.67 Å². The molecule has 0 saturated carbocycles. The van der Waals surface area contributed by atoms with Crippen molar-refractivity contribution < 1.29 is 4.79 Å². The fourth-order valence-corrected chi connectivity index (χ4v) is 0.927. The molecule has 0 fully saturated rings. The van der Waals surface area contributed by atoms with E-state index in [-0.39, 0.29) is 6.03 Å². The summed E-state index contributed by atoms with van der Waals surface area (Å²) in [7, 11) is 5.13. The summed E-state index contributed by atoms with van der Waals surface area (Å²) in [5, 5.41) is 7.39. The number of hydrogen-bond acceptors (Lipinski definition) is 3. The molecule has 0 N–H and O–H groups in total. The Morgan fingerprint density at radius 1 is 1.46 bits per heavy atom. The highest BCUT2D eigenvalue weighted by Gasteiger charge is 2.10. The zero-order chi connectivity index (χ0) is 9.84. The van der Waals surface area contributed by atoms with Gasteiger partial charge >= 0.3 is 6.03 Å². The normalized spacial score (nSPS) is 9.77. The summed E-state index contributed by atoms with van der Waals surface area (Å²) in [6.45, 7) is 0.414. The predicted molar refractivity (Wildman–Crippen MR) is 46.9 cm³/mol. The number of urea groups is 1. The van der Waals surface area contributed by atoms with Crippen LogP contribution in [0.4, 0.5) is 4.79 Å². The van der Waals surface area contributed by atoms with Crippen LogP contribution >= 0.6 is 0 Å². The highest BCUT2D eigenvalue weighted by molar-refractivity contribution is 5.73. The van der Waals surface area contributed by atoms with Crippen LogP contribution in [0.2, 0.25) is 0 Å². The van der Waals surface area contributed by atoms with Crippen molar-refractivity contribution in [3.05, 3.63) is 12.4 Å². The Balaban J connectivity index is 2.51. The Morgan fingerprint density at radius 2 is 2.15 bits per heavy atom. The molecule has 1 rings (SSSR count). The second-order valence-electron chi connectivity index (χ2n) is 2.96. The van der Waals surface area contributed by atoms with Gasteiger partial charge in [0.05, 0.1) is 6.20 Å². The van der Waals surface area contributed by atoms with Gasteiger partial charge in [-0.15, -0.1) is 5.10 Å². The molecule has 1 heterocycles. The summed E-state index contributed by atoms with van der Waals surface area (Å²) in [5.74, 6) is 0. The first kappa shape index (κ1) is 9.50. The van der Waals surface area contributed by atoms with Gasteiger partial charge in [-0.3, -0.25) is 0 Å². The van der Waals surface area contributed by atoms with Crippen LogP contribution in [0.25, 0.3) is 0 Å². The number of amides is 2. The SMILES string of the molecule is CN(C)C(=O)N(C)Cn1ccnn1. The third-order valence-electron chi connectivity index (χ3n) is 1.54. The molecule has 0 aliphatic heterocycles. The minimum absolute atomic E-state index is 0.0597. The van der Waals surface area contributed by atoms with Crippen molar-refractivity contribution in [1.29, 1.82) is 0 Å². The number of nitrogens with zero attached hydrogens (tertiary/aromatic N) is 5. The Kier molecular flexibility index (Phi) is 2.84. The smallest absolute Gasteiger partial charge is 0.320 e. The van der Waals surface area contributed by atoms with Crippen molar-refractivity contribution in [2.75, 3.05) is 21.1 Å². The predicted octanol–water partition coefficient (Wildman–Crippen LogP) is -0.151. The van der Waals surface area contributed by atoms with Crippen LogP contribution < -0.4 is 0 Å². The summed E-state index contributed by atoms with van der Waals surface area (Å²) in [4.78, 5) is 14.4. The minimum Gasteiger partial charge on any atom is -0.331 e. The molecule has 1 aromatic rings. The second-order valence-corrected chi connectivity index (χ2v) is 2.96. The van der Waals surface area contributed by atoms with Crippen molar-refractivity contribution in [2.24, 2.45) is 0 Å². The van der Waals surface area contributed by atoms with E-state index >= 15 is 0 Å². The van der Waals surface area contributed by atoms with Gasteiger partial charge in [0.25, 0.3) is 0 Å². The summed E-state index contributed by atoms with van der Waals surface area (Å²) in [6, 6.07) is -0.0597. The maximum Gasteiger partial charge on any atom is 0.320 e. The molecule has 6 heteroatoms. The third-order valence-corrected chi connectivity index (χ3v) is 1.54. The molecule has 0 spiro atoms. The monoisotopic (exact) mass is 183 g/mol. The second kappa shape index (κ2) is 3.88. The lowest BCUT2D eigenvalue weighted by atomic mass is 10.7. The number of aromatic nitrogens is 3. The number of carbonyl (C=O) groups is 1. The first-order valence-electron chi connectivity index (χ1n) is 3.88. The molecule has 0 saturated heterocycles. The number of carbonyl (C=O) groups excluding carboxylic acids is 1. The van der Waals surface area contributed by atoms with Crippen LogP contribution in [-0.2, 0) is 6.67 Å². The molecule has 0 aliphatic rings. The van der Waals surface area contributed by atoms with Crippen LogP contribution in [0.1, 0.15) is 0 Å². The van der Waals surface area contributed by atoms with Crippen LogP contribution in [0.5, 0.6) is 0 Å². The Labute approximate surface area is 76.7 Å². The van der Waals surface area contributed by atoms with Gasteiger partial charge in [0, 0.05) is 27.3 Å². The molecular formula is C7H13N5O. The molecule has 0 atom stereocenters. The standard InChI is InChI=1S/C7H13N5O/c1-10(2)7(13)11(3)6-12-5-4-8-9-12/h4-5H,6H2,1-3H3. The highest BCUT2D eigenvalue weighted by atomic mass is 16.2. The van der Waals surface area contributed by atoms with Crippen LogP contribution in [-0.4, -0.2) is 52.0 Å². The Bertz CT molecular complexity index is 268. The van der Waals surface area contributed by atoms with E-state index < -0.39 is 0 Å². The molecular weight excluding hydrogens is 170 g/mol.